The van der Waals surface area contributed by atoms with Gasteiger partial charge in [0, 0.05) is 25.3 Å². The molecule has 0 amide bonds. The van der Waals surface area contributed by atoms with Crippen LogP contribution in [0.15, 0.2) is 12.5 Å². The van der Waals surface area contributed by atoms with Gasteiger partial charge in [0.2, 0.25) is 0 Å². The molecule has 0 bridgehead atoms. The van der Waals surface area contributed by atoms with E-state index in [9.17, 15) is 0 Å². The largest absolute Gasteiger partial charge is 0.333 e. The molecule has 0 aliphatic carbocycles. The summed E-state index contributed by atoms with van der Waals surface area (Å²) in [5.41, 5.74) is 1.28. The van der Waals surface area contributed by atoms with Crippen molar-refractivity contribution in [3.8, 4) is 0 Å². The molecular formula is C13H26N4. The molecule has 98 valence electrons. The monoisotopic (exact) mass is 238 g/mol. The first kappa shape index (κ1) is 14.2. The summed E-state index contributed by atoms with van der Waals surface area (Å²) in [6.45, 7) is 7.47. The van der Waals surface area contributed by atoms with Gasteiger partial charge in [0.25, 0.3) is 0 Å². The average molecular weight is 238 g/mol. The molecule has 0 radical (unpaired) electrons. The van der Waals surface area contributed by atoms with Crippen molar-refractivity contribution in [1.29, 1.82) is 0 Å². The second-order valence-electron chi connectivity index (χ2n) is 5.12. The Morgan fingerprint density at radius 3 is 2.76 bits per heavy atom. The fourth-order valence-corrected chi connectivity index (χ4v) is 1.72. The predicted octanol–water partition coefficient (Wildman–Crippen LogP) is 1.72. The fraction of sp³-hybridized carbons (Fsp3) is 0.769. The zero-order valence-corrected chi connectivity index (χ0v) is 11.6. The molecule has 1 rings (SSSR count). The Morgan fingerprint density at radius 1 is 1.35 bits per heavy atom. The summed E-state index contributed by atoms with van der Waals surface area (Å²) in [7, 11) is 4.24. The van der Waals surface area contributed by atoms with Crippen molar-refractivity contribution in [2.24, 2.45) is 0 Å². The highest BCUT2D eigenvalue weighted by Crippen LogP contribution is 2.03. The number of hydrogen-bond acceptors (Lipinski definition) is 3. The van der Waals surface area contributed by atoms with Crippen molar-refractivity contribution >= 4 is 0 Å². The van der Waals surface area contributed by atoms with E-state index in [2.05, 4.69) is 47.7 Å². The summed E-state index contributed by atoms with van der Waals surface area (Å²) in [5, 5.41) is 3.43. The van der Waals surface area contributed by atoms with E-state index in [1.165, 1.54) is 18.5 Å². The van der Waals surface area contributed by atoms with Gasteiger partial charge in [-0.2, -0.15) is 0 Å². The molecule has 1 aromatic heterocycles. The molecule has 4 nitrogen and oxygen atoms in total. The van der Waals surface area contributed by atoms with Crippen LogP contribution in [0.3, 0.4) is 0 Å². The fourth-order valence-electron chi connectivity index (χ4n) is 1.72. The topological polar surface area (TPSA) is 33.1 Å². The number of nitrogens with one attached hydrogen (secondary N) is 1. The van der Waals surface area contributed by atoms with E-state index in [1.807, 2.05) is 12.5 Å². The molecule has 0 atom stereocenters. The lowest BCUT2D eigenvalue weighted by atomic mass is 10.3. The van der Waals surface area contributed by atoms with E-state index in [0.717, 1.165) is 19.6 Å². The maximum absolute atomic E-state index is 4.23. The van der Waals surface area contributed by atoms with Crippen molar-refractivity contribution in [3.63, 3.8) is 0 Å². The molecule has 1 N–H and O–H groups in total. The summed E-state index contributed by atoms with van der Waals surface area (Å²) in [4.78, 5) is 6.46. The molecule has 0 aromatic carbocycles. The van der Waals surface area contributed by atoms with Gasteiger partial charge in [-0.25, -0.2) is 4.98 Å². The van der Waals surface area contributed by atoms with E-state index in [-0.39, 0.29) is 0 Å². The first-order valence-corrected chi connectivity index (χ1v) is 6.46. The summed E-state index contributed by atoms with van der Waals surface area (Å²) >= 11 is 0. The normalized spacial score (nSPS) is 11.6. The van der Waals surface area contributed by atoms with Gasteiger partial charge >= 0.3 is 0 Å². The van der Waals surface area contributed by atoms with Gasteiger partial charge in [-0.3, -0.25) is 0 Å². The average Bonchev–Trinajstić information content (AvgIpc) is 2.68. The maximum Gasteiger partial charge on any atom is 0.0948 e. The quantitative estimate of drug-likeness (QED) is 0.700. The summed E-state index contributed by atoms with van der Waals surface area (Å²) in [5.74, 6) is 0. The molecule has 17 heavy (non-hydrogen) atoms. The van der Waals surface area contributed by atoms with Crippen LogP contribution in [0.2, 0.25) is 0 Å². The second kappa shape index (κ2) is 7.45. The van der Waals surface area contributed by atoms with Crippen molar-refractivity contribution in [2.45, 2.75) is 45.8 Å². The first-order chi connectivity index (χ1) is 8.09. The molecular weight excluding hydrogens is 212 g/mol. The van der Waals surface area contributed by atoms with Crippen LogP contribution in [0, 0.1) is 0 Å². The van der Waals surface area contributed by atoms with E-state index in [4.69, 9.17) is 0 Å². The van der Waals surface area contributed by atoms with Gasteiger partial charge in [0.05, 0.1) is 12.0 Å². The standard InChI is InChI=1S/C13H26N4/c1-12(2)15-10-13-9-14-11-17(13)8-6-5-7-16(3)4/h9,11-12,15H,5-8,10H2,1-4H3. The van der Waals surface area contributed by atoms with E-state index in [1.54, 1.807) is 0 Å². The number of nitrogens with zero attached hydrogens (tertiary/aromatic N) is 3. The Hall–Kier alpha value is -0.870. The Bertz CT molecular complexity index is 304. The van der Waals surface area contributed by atoms with Gasteiger partial charge in [0.15, 0.2) is 0 Å². The minimum Gasteiger partial charge on any atom is -0.333 e. The van der Waals surface area contributed by atoms with Crippen LogP contribution in [0.1, 0.15) is 32.4 Å². The molecule has 0 spiro atoms. The van der Waals surface area contributed by atoms with Crippen molar-refractivity contribution in [3.05, 3.63) is 18.2 Å². The Morgan fingerprint density at radius 2 is 2.12 bits per heavy atom. The van der Waals surface area contributed by atoms with Crippen LogP contribution in [-0.2, 0) is 13.1 Å². The Kier molecular flexibility index (Phi) is 6.22. The number of hydrogen-bond donors (Lipinski definition) is 1. The zero-order valence-electron chi connectivity index (χ0n) is 11.6. The third-order valence-corrected chi connectivity index (χ3v) is 2.74. The second-order valence-corrected chi connectivity index (χ2v) is 5.12. The third-order valence-electron chi connectivity index (χ3n) is 2.74. The van der Waals surface area contributed by atoms with E-state index >= 15 is 0 Å². The minimum absolute atomic E-state index is 0.520. The predicted molar refractivity (Wildman–Crippen MR) is 72.0 cm³/mol. The molecule has 0 aliphatic rings. The van der Waals surface area contributed by atoms with Crippen molar-refractivity contribution < 1.29 is 0 Å². The molecule has 1 heterocycles. The number of rotatable bonds is 8. The highest BCUT2D eigenvalue weighted by atomic mass is 15.1. The maximum atomic E-state index is 4.23. The lowest BCUT2D eigenvalue weighted by Crippen LogP contribution is -2.23. The Labute approximate surface area is 105 Å². The molecule has 1 aromatic rings. The van der Waals surface area contributed by atoms with Gasteiger partial charge in [0.1, 0.15) is 0 Å². The molecule has 0 saturated carbocycles. The van der Waals surface area contributed by atoms with Crippen molar-refractivity contribution in [2.75, 3.05) is 20.6 Å². The third kappa shape index (κ3) is 5.84. The molecule has 0 saturated heterocycles. The first-order valence-electron chi connectivity index (χ1n) is 6.46. The highest BCUT2D eigenvalue weighted by molar-refractivity contribution is 4.98. The van der Waals surface area contributed by atoms with Crippen molar-refractivity contribution in [1.82, 2.24) is 19.8 Å². The summed E-state index contributed by atoms with van der Waals surface area (Å²) < 4.78 is 2.26. The van der Waals surface area contributed by atoms with Gasteiger partial charge in [-0.05, 0) is 33.5 Å². The number of aromatic nitrogens is 2. The van der Waals surface area contributed by atoms with Crippen LogP contribution in [-0.4, -0.2) is 41.1 Å². The number of unbranched alkanes of at least 4 members (excludes halogenated alkanes) is 1. The lowest BCUT2D eigenvalue weighted by molar-refractivity contribution is 0.386. The van der Waals surface area contributed by atoms with Gasteiger partial charge in [-0.1, -0.05) is 13.8 Å². The van der Waals surface area contributed by atoms with E-state index in [0.29, 0.717) is 6.04 Å². The van der Waals surface area contributed by atoms with Gasteiger partial charge < -0.3 is 14.8 Å². The molecule has 4 heteroatoms. The van der Waals surface area contributed by atoms with Crippen LogP contribution in [0.4, 0.5) is 0 Å². The highest BCUT2D eigenvalue weighted by Gasteiger charge is 2.02. The smallest absolute Gasteiger partial charge is 0.0948 e. The van der Waals surface area contributed by atoms with Crippen LogP contribution < -0.4 is 5.32 Å². The van der Waals surface area contributed by atoms with Crippen LogP contribution in [0.5, 0.6) is 0 Å². The molecule has 0 fully saturated rings. The summed E-state index contributed by atoms with van der Waals surface area (Å²) in [6.07, 6.45) is 6.35. The van der Waals surface area contributed by atoms with Crippen LogP contribution >= 0.6 is 0 Å². The number of aryl methyl sites for hydroxylation is 1. The summed E-state index contributed by atoms with van der Waals surface area (Å²) in [6, 6.07) is 0.520. The number of imidazole rings is 1. The minimum atomic E-state index is 0.520. The molecule has 0 unspecified atom stereocenters. The SMILES string of the molecule is CC(C)NCc1cncn1CCCCN(C)C. The lowest BCUT2D eigenvalue weighted by Gasteiger charge is -2.12. The zero-order chi connectivity index (χ0) is 12.7. The van der Waals surface area contributed by atoms with Crippen LogP contribution in [0.25, 0.3) is 0 Å². The Balaban J connectivity index is 2.30. The van der Waals surface area contributed by atoms with Gasteiger partial charge in [-0.15, -0.1) is 0 Å². The van der Waals surface area contributed by atoms with E-state index < -0.39 is 0 Å². The molecule has 0 aliphatic heterocycles.